The number of hydrogen-bond donors (Lipinski definition) is 3. The summed E-state index contributed by atoms with van der Waals surface area (Å²) in [5, 5.41) is 26.1. The van der Waals surface area contributed by atoms with E-state index in [-0.39, 0.29) is 18.9 Å². The molecule has 0 saturated heterocycles. The zero-order valence-corrected chi connectivity index (χ0v) is 22.6. The Hall–Kier alpha value is -3.37. The van der Waals surface area contributed by atoms with Crippen molar-refractivity contribution >= 4 is 11.6 Å². The van der Waals surface area contributed by atoms with Crippen LogP contribution in [0.25, 0.3) is 5.69 Å². The summed E-state index contributed by atoms with van der Waals surface area (Å²) in [6.07, 6.45) is 6.78. The van der Waals surface area contributed by atoms with Crippen LogP contribution in [0, 0.1) is 5.92 Å². The Balaban J connectivity index is 1.55. The van der Waals surface area contributed by atoms with E-state index in [0.717, 1.165) is 29.8 Å². The first-order valence-electron chi connectivity index (χ1n) is 13.3. The van der Waals surface area contributed by atoms with Crippen molar-refractivity contribution in [3.63, 3.8) is 0 Å². The topological polar surface area (TPSA) is 101 Å². The van der Waals surface area contributed by atoms with Crippen molar-refractivity contribution in [1.82, 2.24) is 20.4 Å². The molecule has 1 amide bonds. The van der Waals surface area contributed by atoms with Crippen LogP contribution in [-0.2, 0) is 15.2 Å². The van der Waals surface area contributed by atoms with Crippen LogP contribution in [0.5, 0.6) is 0 Å². The van der Waals surface area contributed by atoms with Crippen molar-refractivity contribution in [2.45, 2.75) is 69.8 Å². The summed E-state index contributed by atoms with van der Waals surface area (Å²) >= 11 is 0. The predicted octanol–water partition coefficient (Wildman–Crippen LogP) is 4.26. The van der Waals surface area contributed by atoms with E-state index in [1.807, 2.05) is 24.4 Å². The Kier molecular flexibility index (Phi) is 9.29. The Morgan fingerprint density at radius 3 is 2.74 bits per heavy atom. The molecular weight excluding hydrogens is 504 g/mol. The molecule has 0 bridgehead atoms. The quantitative estimate of drug-likeness (QED) is 0.391. The van der Waals surface area contributed by atoms with Gasteiger partial charge < -0.3 is 20.6 Å². The minimum absolute atomic E-state index is 0.107. The monoisotopic (exact) mass is 541 g/mol. The molecule has 2 aliphatic carbocycles. The first-order valence-corrected chi connectivity index (χ1v) is 13.3. The van der Waals surface area contributed by atoms with Crippen LogP contribution in [0.2, 0.25) is 0 Å². The van der Waals surface area contributed by atoms with Gasteiger partial charge in [-0.3, -0.25) is 4.79 Å². The number of allylic oxidation sites excluding steroid dienone is 3. The Morgan fingerprint density at radius 1 is 1.33 bits per heavy atom. The molecule has 8 nitrogen and oxygen atoms in total. The summed E-state index contributed by atoms with van der Waals surface area (Å²) in [7, 11) is 1.54. The lowest BCUT2D eigenvalue weighted by molar-refractivity contribution is -0.120. The van der Waals surface area contributed by atoms with Crippen molar-refractivity contribution in [2.75, 3.05) is 13.7 Å². The number of aromatic nitrogens is 2. The largest absolute Gasteiger partial charge is 0.399 e. The number of rotatable bonds is 10. The molecule has 0 radical (unpaired) electrons. The highest BCUT2D eigenvalue weighted by Gasteiger charge is 2.37. The minimum Gasteiger partial charge on any atom is -0.399 e. The predicted molar refractivity (Wildman–Crippen MR) is 146 cm³/mol. The second kappa shape index (κ2) is 12.7. The van der Waals surface area contributed by atoms with Crippen molar-refractivity contribution in [2.24, 2.45) is 11.1 Å². The molecule has 1 heterocycles. The first-order chi connectivity index (χ1) is 18.7. The van der Waals surface area contributed by atoms with Crippen LogP contribution >= 0.6 is 0 Å². The van der Waals surface area contributed by atoms with E-state index in [0.29, 0.717) is 18.4 Å². The van der Waals surface area contributed by atoms with Crippen molar-refractivity contribution in [3.05, 3.63) is 71.8 Å². The summed E-state index contributed by atoms with van der Waals surface area (Å²) in [6.45, 7) is 3.00. The Bertz CT molecular complexity index is 1220. The van der Waals surface area contributed by atoms with Gasteiger partial charge in [0.25, 0.3) is 0 Å². The zero-order valence-electron chi connectivity index (χ0n) is 22.6. The van der Waals surface area contributed by atoms with Gasteiger partial charge in [-0.1, -0.05) is 24.2 Å². The fourth-order valence-corrected chi connectivity index (χ4v) is 5.35. The summed E-state index contributed by atoms with van der Waals surface area (Å²) in [4.78, 5) is 17.0. The van der Waals surface area contributed by atoms with Crippen LogP contribution in [0.4, 0.5) is 8.78 Å². The Morgan fingerprint density at radius 2 is 2.10 bits per heavy atom. The number of halogens is 2. The van der Waals surface area contributed by atoms with E-state index in [1.165, 1.54) is 33.1 Å². The van der Waals surface area contributed by atoms with Crippen LogP contribution < -0.4 is 10.6 Å². The average molecular weight is 542 g/mol. The molecular formula is C29H37F2N5O3. The van der Waals surface area contributed by atoms with Gasteiger partial charge in [0.2, 0.25) is 5.91 Å². The summed E-state index contributed by atoms with van der Waals surface area (Å²) in [5.74, 6) is -1.71. The molecule has 0 aliphatic heterocycles. The molecule has 1 aromatic carbocycles. The van der Waals surface area contributed by atoms with Gasteiger partial charge in [0.05, 0.1) is 23.5 Å². The molecule has 10 heteroatoms. The maximum atomic E-state index is 14.3. The van der Waals surface area contributed by atoms with Gasteiger partial charge >= 0.3 is 0 Å². The molecule has 2 aromatic rings. The average Bonchev–Trinajstić information content (AvgIpc) is 3.46. The molecule has 2 aliphatic rings. The number of hydrogen-bond acceptors (Lipinski definition) is 6. The number of carbonyl (C=O) groups excluding carboxylic acids is 1. The standard InChI is InChI=1S/C29H37F2N5O3/c1-19-25(30)14-21(15-26(19)31)16-27(34-20(2)37)28(38)18-32-29(10-8-23(9-11-29)35-39-3)22-6-4-7-24(17-22)36-13-5-12-33-36/h4-7,12-15,17,19,25,27-28,32,38H,8-11,16,18H2,1-3H3,(H,34,37). The van der Waals surface area contributed by atoms with Crippen molar-refractivity contribution < 1.29 is 23.5 Å². The second-order valence-corrected chi connectivity index (χ2v) is 10.4. The van der Waals surface area contributed by atoms with Gasteiger partial charge in [0, 0.05) is 37.3 Å². The molecule has 4 unspecified atom stereocenters. The molecule has 39 heavy (non-hydrogen) atoms. The number of amides is 1. The van der Waals surface area contributed by atoms with E-state index in [9.17, 15) is 18.7 Å². The van der Waals surface area contributed by atoms with Gasteiger partial charge in [-0.15, -0.1) is 0 Å². The van der Waals surface area contributed by atoms with E-state index in [4.69, 9.17) is 4.84 Å². The highest BCUT2D eigenvalue weighted by molar-refractivity contribution is 5.85. The number of alkyl halides is 1. The molecule has 210 valence electrons. The third-order valence-electron chi connectivity index (χ3n) is 7.64. The number of aliphatic hydroxyl groups excluding tert-OH is 1. The van der Waals surface area contributed by atoms with E-state index in [1.54, 1.807) is 10.9 Å². The maximum Gasteiger partial charge on any atom is 0.217 e. The molecule has 3 N–H and O–H groups in total. The van der Waals surface area contributed by atoms with E-state index >= 15 is 0 Å². The number of oxime groups is 1. The van der Waals surface area contributed by atoms with Crippen LogP contribution in [0.15, 0.2) is 71.4 Å². The van der Waals surface area contributed by atoms with Gasteiger partial charge in [0.15, 0.2) is 0 Å². The third-order valence-corrected chi connectivity index (χ3v) is 7.64. The first kappa shape index (κ1) is 28.6. The lowest BCUT2D eigenvalue weighted by Gasteiger charge is -2.40. The molecule has 4 atom stereocenters. The van der Waals surface area contributed by atoms with Gasteiger partial charge in [-0.05, 0) is 73.6 Å². The van der Waals surface area contributed by atoms with Gasteiger partial charge in [0.1, 0.15) is 19.1 Å². The van der Waals surface area contributed by atoms with Gasteiger partial charge in [-0.2, -0.15) is 5.10 Å². The minimum atomic E-state index is -1.45. The Labute approximate surface area is 227 Å². The highest BCUT2D eigenvalue weighted by atomic mass is 19.1. The van der Waals surface area contributed by atoms with Crippen molar-refractivity contribution in [1.29, 1.82) is 0 Å². The summed E-state index contributed by atoms with van der Waals surface area (Å²) < 4.78 is 30.3. The lowest BCUT2D eigenvalue weighted by atomic mass is 9.75. The fraction of sp³-hybridized carbons (Fsp3) is 0.483. The molecule has 0 spiro atoms. The molecule has 1 saturated carbocycles. The molecule has 4 rings (SSSR count). The zero-order chi connectivity index (χ0) is 28.0. The number of benzene rings is 1. The van der Waals surface area contributed by atoms with Crippen LogP contribution in [-0.4, -0.2) is 58.5 Å². The van der Waals surface area contributed by atoms with Crippen molar-refractivity contribution in [3.8, 4) is 5.69 Å². The van der Waals surface area contributed by atoms with Crippen LogP contribution in [0.1, 0.15) is 51.5 Å². The maximum absolute atomic E-state index is 14.3. The summed E-state index contributed by atoms with van der Waals surface area (Å²) in [6, 6.07) is 9.24. The fourth-order valence-electron chi connectivity index (χ4n) is 5.35. The van der Waals surface area contributed by atoms with Gasteiger partial charge in [-0.25, -0.2) is 13.5 Å². The lowest BCUT2D eigenvalue weighted by Crippen LogP contribution is -2.53. The SMILES string of the molecule is CON=C1CCC(NCC(O)C(CC2=CC(F)C(C)C(F)=C2)NC(C)=O)(c2cccc(-n3cccn3)c2)CC1. The number of nitrogens with zero attached hydrogens (tertiary/aromatic N) is 3. The molecule has 1 fully saturated rings. The number of nitrogens with one attached hydrogen (secondary N) is 2. The second-order valence-electron chi connectivity index (χ2n) is 10.4. The third kappa shape index (κ3) is 6.99. The van der Waals surface area contributed by atoms with Crippen LogP contribution in [0.3, 0.4) is 0 Å². The highest BCUT2D eigenvalue weighted by Crippen LogP contribution is 2.37. The smallest absolute Gasteiger partial charge is 0.217 e. The van der Waals surface area contributed by atoms with E-state index in [2.05, 4.69) is 33.0 Å². The molecule has 1 aromatic heterocycles. The normalized spacial score (nSPS) is 24.8. The summed E-state index contributed by atoms with van der Waals surface area (Å²) in [5.41, 5.74) is 2.87. The van der Waals surface area contributed by atoms with E-state index < -0.39 is 35.6 Å². The number of carbonyl (C=O) groups is 1. The number of aliphatic hydroxyl groups is 1.